The Labute approximate surface area is 119 Å². The van der Waals surface area contributed by atoms with Crippen molar-refractivity contribution in [3.8, 4) is 0 Å². The van der Waals surface area contributed by atoms with E-state index < -0.39 is 0 Å². The SMILES string of the molecule is Cc1ccc2ccccc2c1C(Br)c1ccsc1. The lowest BCUT2D eigenvalue weighted by molar-refractivity contribution is 1.18. The van der Waals surface area contributed by atoms with Crippen molar-refractivity contribution in [1.29, 1.82) is 0 Å². The molecule has 0 saturated heterocycles. The van der Waals surface area contributed by atoms with Crippen LogP contribution in [0.1, 0.15) is 21.5 Å². The monoisotopic (exact) mass is 316 g/mol. The number of hydrogen-bond donors (Lipinski definition) is 0. The van der Waals surface area contributed by atoms with Gasteiger partial charge in [-0.1, -0.05) is 52.3 Å². The van der Waals surface area contributed by atoms with Gasteiger partial charge in [-0.3, -0.25) is 0 Å². The van der Waals surface area contributed by atoms with Gasteiger partial charge in [-0.15, -0.1) is 0 Å². The molecule has 0 bridgehead atoms. The molecular weight excluding hydrogens is 304 g/mol. The molecule has 18 heavy (non-hydrogen) atoms. The molecule has 2 aromatic carbocycles. The summed E-state index contributed by atoms with van der Waals surface area (Å²) in [6, 6.07) is 15.2. The summed E-state index contributed by atoms with van der Waals surface area (Å²) in [6.45, 7) is 2.18. The summed E-state index contributed by atoms with van der Waals surface area (Å²) < 4.78 is 0. The summed E-state index contributed by atoms with van der Waals surface area (Å²) >= 11 is 5.60. The smallest absolute Gasteiger partial charge is 0.0661 e. The van der Waals surface area contributed by atoms with Gasteiger partial charge in [0.1, 0.15) is 0 Å². The molecular formula is C16H13BrS. The van der Waals surface area contributed by atoms with Crippen molar-refractivity contribution in [2.24, 2.45) is 0 Å². The van der Waals surface area contributed by atoms with Crippen molar-refractivity contribution in [2.45, 2.75) is 11.8 Å². The van der Waals surface area contributed by atoms with Crippen LogP contribution in [0.25, 0.3) is 10.8 Å². The molecule has 90 valence electrons. The summed E-state index contributed by atoms with van der Waals surface area (Å²) in [4.78, 5) is 0.273. The fraction of sp³-hybridized carbons (Fsp3) is 0.125. The Morgan fingerprint density at radius 2 is 1.89 bits per heavy atom. The Balaban J connectivity index is 2.24. The van der Waals surface area contributed by atoms with E-state index in [-0.39, 0.29) is 4.83 Å². The van der Waals surface area contributed by atoms with E-state index in [1.165, 1.54) is 27.5 Å². The van der Waals surface area contributed by atoms with Crippen LogP contribution in [0, 0.1) is 6.92 Å². The zero-order chi connectivity index (χ0) is 12.5. The van der Waals surface area contributed by atoms with Crippen LogP contribution in [0.5, 0.6) is 0 Å². The van der Waals surface area contributed by atoms with Gasteiger partial charge in [-0.05, 0) is 51.2 Å². The quantitative estimate of drug-likeness (QED) is 0.532. The Morgan fingerprint density at radius 1 is 1.06 bits per heavy atom. The first-order valence-electron chi connectivity index (χ1n) is 5.92. The molecule has 0 saturated carbocycles. The second-order valence-corrected chi connectivity index (χ2v) is 6.13. The Bertz CT molecular complexity index is 671. The highest BCUT2D eigenvalue weighted by Gasteiger charge is 2.15. The molecule has 0 N–H and O–H groups in total. The van der Waals surface area contributed by atoms with E-state index in [2.05, 4.69) is 76.1 Å². The standard InChI is InChI=1S/C16H13BrS/c1-11-6-7-12-4-2-3-5-14(12)15(11)16(17)13-8-9-18-10-13/h2-10,16H,1H3. The molecule has 0 radical (unpaired) electrons. The van der Waals surface area contributed by atoms with Gasteiger partial charge in [-0.25, -0.2) is 0 Å². The molecule has 0 fully saturated rings. The number of aryl methyl sites for hydroxylation is 1. The minimum Gasteiger partial charge on any atom is -0.152 e. The predicted octanol–water partition coefficient (Wildman–Crippen LogP) is 5.69. The zero-order valence-corrected chi connectivity index (χ0v) is 12.5. The number of benzene rings is 2. The summed E-state index contributed by atoms with van der Waals surface area (Å²) in [6.07, 6.45) is 0. The summed E-state index contributed by atoms with van der Waals surface area (Å²) in [7, 11) is 0. The molecule has 0 aliphatic carbocycles. The van der Waals surface area contributed by atoms with Crippen molar-refractivity contribution in [1.82, 2.24) is 0 Å². The van der Waals surface area contributed by atoms with Crippen LogP contribution in [-0.2, 0) is 0 Å². The number of alkyl halides is 1. The molecule has 0 amide bonds. The topological polar surface area (TPSA) is 0 Å². The molecule has 0 nitrogen and oxygen atoms in total. The Kier molecular flexibility index (Phi) is 3.23. The maximum Gasteiger partial charge on any atom is 0.0661 e. The molecule has 3 aromatic rings. The van der Waals surface area contributed by atoms with Crippen LogP contribution < -0.4 is 0 Å². The lowest BCUT2D eigenvalue weighted by Crippen LogP contribution is -1.96. The first-order valence-corrected chi connectivity index (χ1v) is 7.77. The van der Waals surface area contributed by atoms with E-state index in [1.54, 1.807) is 11.3 Å². The number of thiophene rings is 1. The van der Waals surface area contributed by atoms with Gasteiger partial charge in [0, 0.05) is 0 Å². The predicted molar refractivity (Wildman–Crippen MR) is 83.8 cm³/mol. The molecule has 1 aromatic heterocycles. The largest absolute Gasteiger partial charge is 0.152 e. The van der Waals surface area contributed by atoms with E-state index >= 15 is 0 Å². The molecule has 0 spiro atoms. The lowest BCUT2D eigenvalue weighted by atomic mass is 9.95. The van der Waals surface area contributed by atoms with Crippen molar-refractivity contribution < 1.29 is 0 Å². The summed E-state index contributed by atoms with van der Waals surface area (Å²) in [5.41, 5.74) is 4.05. The molecule has 0 aliphatic rings. The van der Waals surface area contributed by atoms with E-state index in [4.69, 9.17) is 0 Å². The summed E-state index contributed by atoms with van der Waals surface area (Å²) in [5, 5.41) is 6.98. The molecule has 0 aliphatic heterocycles. The van der Waals surface area contributed by atoms with E-state index in [0.29, 0.717) is 0 Å². The highest BCUT2D eigenvalue weighted by Crippen LogP contribution is 2.38. The fourth-order valence-electron chi connectivity index (χ4n) is 2.33. The molecule has 1 heterocycles. The third kappa shape index (κ3) is 2.00. The normalized spacial score (nSPS) is 12.8. The molecule has 3 rings (SSSR count). The van der Waals surface area contributed by atoms with Gasteiger partial charge in [0.05, 0.1) is 4.83 Å². The number of hydrogen-bond acceptors (Lipinski definition) is 1. The average Bonchev–Trinajstić information content (AvgIpc) is 2.92. The zero-order valence-electron chi connectivity index (χ0n) is 10.1. The molecule has 1 atom stereocenters. The minimum atomic E-state index is 0.273. The second kappa shape index (κ2) is 4.87. The van der Waals surface area contributed by atoms with E-state index in [9.17, 15) is 0 Å². The maximum atomic E-state index is 3.85. The van der Waals surface area contributed by atoms with Gasteiger partial charge >= 0.3 is 0 Å². The first kappa shape index (κ1) is 11.9. The van der Waals surface area contributed by atoms with Crippen LogP contribution in [0.2, 0.25) is 0 Å². The first-order chi connectivity index (χ1) is 8.77. The van der Waals surface area contributed by atoms with Crippen molar-refractivity contribution in [3.05, 3.63) is 69.9 Å². The van der Waals surface area contributed by atoms with Gasteiger partial charge in [0.25, 0.3) is 0 Å². The van der Waals surface area contributed by atoms with Crippen LogP contribution >= 0.6 is 27.3 Å². The van der Waals surface area contributed by atoms with Crippen LogP contribution in [0.15, 0.2) is 53.2 Å². The highest BCUT2D eigenvalue weighted by molar-refractivity contribution is 9.09. The van der Waals surface area contributed by atoms with Crippen molar-refractivity contribution in [2.75, 3.05) is 0 Å². The Morgan fingerprint density at radius 3 is 2.67 bits per heavy atom. The Hall–Kier alpha value is -1.12. The number of rotatable bonds is 2. The van der Waals surface area contributed by atoms with Crippen LogP contribution in [0.3, 0.4) is 0 Å². The van der Waals surface area contributed by atoms with E-state index in [1.807, 2.05) is 0 Å². The minimum absolute atomic E-state index is 0.273. The summed E-state index contributed by atoms with van der Waals surface area (Å²) in [5.74, 6) is 0. The third-order valence-corrected chi connectivity index (χ3v) is 4.97. The average molecular weight is 317 g/mol. The maximum absolute atomic E-state index is 3.85. The fourth-order valence-corrected chi connectivity index (χ4v) is 4.08. The van der Waals surface area contributed by atoms with Crippen LogP contribution in [-0.4, -0.2) is 0 Å². The number of fused-ring (bicyclic) bond motifs is 1. The number of halogens is 1. The second-order valence-electron chi connectivity index (χ2n) is 4.44. The van der Waals surface area contributed by atoms with Crippen molar-refractivity contribution >= 4 is 38.0 Å². The van der Waals surface area contributed by atoms with Gasteiger partial charge < -0.3 is 0 Å². The van der Waals surface area contributed by atoms with Gasteiger partial charge in [0.15, 0.2) is 0 Å². The van der Waals surface area contributed by atoms with Crippen LogP contribution in [0.4, 0.5) is 0 Å². The van der Waals surface area contributed by atoms with Gasteiger partial charge in [-0.2, -0.15) is 11.3 Å². The molecule has 2 heteroatoms. The van der Waals surface area contributed by atoms with Crippen molar-refractivity contribution in [3.63, 3.8) is 0 Å². The third-order valence-electron chi connectivity index (χ3n) is 3.28. The lowest BCUT2D eigenvalue weighted by Gasteiger charge is -2.15. The highest BCUT2D eigenvalue weighted by atomic mass is 79.9. The van der Waals surface area contributed by atoms with E-state index in [0.717, 1.165) is 0 Å². The molecule has 1 unspecified atom stereocenters. The van der Waals surface area contributed by atoms with Gasteiger partial charge in [0.2, 0.25) is 0 Å².